The summed E-state index contributed by atoms with van der Waals surface area (Å²) >= 11 is 5.98. The molecule has 0 bridgehead atoms. The maximum atomic E-state index is 13.0. The second-order valence-corrected chi connectivity index (χ2v) is 4.32. The number of carbonyl (C=O) groups excluding carboxylic acids is 1. The Labute approximate surface area is 111 Å². The van der Waals surface area contributed by atoms with E-state index in [9.17, 15) is 9.18 Å². The first-order chi connectivity index (χ1) is 8.45. The van der Waals surface area contributed by atoms with Gasteiger partial charge in [-0.2, -0.15) is 0 Å². The number of esters is 1. The molecule has 0 heterocycles. The monoisotopic (exact) mass is 271 g/mol. The molecule has 1 N–H and O–H groups in total. The van der Waals surface area contributed by atoms with Gasteiger partial charge in [-0.05, 0) is 19.1 Å². The van der Waals surface area contributed by atoms with Gasteiger partial charge in [0.15, 0.2) is 0 Å². The van der Waals surface area contributed by atoms with Gasteiger partial charge in [-0.1, -0.05) is 23.7 Å². The lowest BCUT2D eigenvalue weighted by atomic mass is 9.91. The normalized spacial score (nSPS) is 13.8. The molecule has 0 aromatic heterocycles. The third-order valence-corrected chi connectivity index (χ3v) is 2.98. The molecule has 98 valence electrons. The summed E-state index contributed by atoms with van der Waals surface area (Å²) in [4.78, 5) is 11.9. The van der Waals surface area contributed by atoms with E-state index in [2.05, 4.69) is 11.9 Å². The molecule has 5 heteroatoms. The molecule has 0 radical (unpaired) electrons. The zero-order valence-corrected chi connectivity index (χ0v) is 11.1. The molecule has 0 saturated carbocycles. The molecule has 1 aromatic carbocycles. The van der Waals surface area contributed by atoms with Crippen LogP contribution in [0, 0.1) is 5.82 Å². The van der Waals surface area contributed by atoms with Crippen molar-refractivity contribution in [3.8, 4) is 0 Å². The van der Waals surface area contributed by atoms with Gasteiger partial charge in [0.25, 0.3) is 0 Å². The van der Waals surface area contributed by atoms with Crippen LogP contribution in [-0.2, 0) is 15.1 Å². The van der Waals surface area contributed by atoms with E-state index in [1.807, 2.05) is 0 Å². The van der Waals surface area contributed by atoms with E-state index in [0.29, 0.717) is 12.1 Å². The minimum atomic E-state index is -1.15. The number of hydrogen-bond acceptors (Lipinski definition) is 3. The lowest BCUT2D eigenvalue weighted by Crippen LogP contribution is -2.47. The number of ether oxygens (including phenoxy) is 1. The fourth-order valence-corrected chi connectivity index (χ4v) is 2.01. The van der Waals surface area contributed by atoms with Crippen LogP contribution in [0.2, 0.25) is 5.02 Å². The van der Waals surface area contributed by atoms with Gasteiger partial charge in [-0.15, -0.1) is 6.58 Å². The molecule has 0 spiro atoms. The lowest BCUT2D eigenvalue weighted by molar-refractivity contribution is -0.148. The Morgan fingerprint density at radius 1 is 1.67 bits per heavy atom. The standard InChI is InChI=1S/C13H15ClFNO2/c1-4-7-16-13(2,12(17)18-3)10-6-5-9(15)8-11(10)14/h4-6,8,16H,1,7H2,2-3H3. The van der Waals surface area contributed by atoms with E-state index in [1.54, 1.807) is 13.0 Å². The Bertz CT molecular complexity index is 464. The molecule has 0 amide bonds. The largest absolute Gasteiger partial charge is 0.467 e. The molecule has 0 aliphatic heterocycles. The van der Waals surface area contributed by atoms with Crippen molar-refractivity contribution < 1.29 is 13.9 Å². The van der Waals surface area contributed by atoms with Crippen LogP contribution >= 0.6 is 11.6 Å². The summed E-state index contributed by atoms with van der Waals surface area (Å²) in [6.45, 7) is 5.59. The van der Waals surface area contributed by atoms with Crippen molar-refractivity contribution in [2.75, 3.05) is 13.7 Å². The van der Waals surface area contributed by atoms with Crippen molar-refractivity contribution in [3.63, 3.8) is 0 Å². The van der Waals surface area contributed by atoms with Crippen LogP contribution in [0.3, 0.4) is 0 Å². The summed E-state index contributed by atoms with van der Waals surface area (Å²) in [6, 6.07) is 3.87. The highest BCUT2D eigenvalue weighted by atomic mass is 35.5. The molecule has 18 heavy (non-hydrogen) atoms. The number of rotatable bonds is 5. The van der Waals surface area contributed by atoms with Crippen LogP contribution < -0.4 is 5.32 Å². The Kier molecular flexibility index (Phi) is 4.87. The van der Waals surface area contributed by atoms with E-state index in [1.165, 1.54) is 19.2 Å². The van der Waals surface area contributed by atoms with Crippen molar-refractivity contribution >= 4 is 17.6 Å². The summed E-state index contributed by atoms with van der Waals surface area (Å²) in [7, 11) is 1.29. The Hall–Kier alpha value is -1.39. The predicted molar refractivity (Wildman–Crippen MR) is 69.0 cm³/mol. The van der Waals surface area contributed by atoms with E-state index in [-0.39, 0.29) is 5.02 Å². The van der Waals surface area contributed by atoms with Crippen molar-refractivity contribution in [2.24, 2.45) is 0 Å². The van der Waals surface area contributed by atoms with Gasteiger partial charge in [-0.25, -0.2) is 9.18 Å². The number of nitrogens with one attached hydrogen (secondary N) is 1. The van der Waals surface area contributed by atoms with Crippen molar-refractivity contribution in [1.29, 1.82) is 0 Å². The third kappa shape index (κ3) is 2.89. The van der Waals surface area contributed by atoms with E-state index in [4.69, 9.17) is 16.3 Å². The molecule has 1 atom stereocenters. The van der Waals surface area contributed by atoms with Gasteiger partial charge in [0.05, 0.1) is 7.11 Å². The average Bonchev–Trinajstić information content (AvgIpc) is 2.34. The minimum Gasteiger partial charge on any atom is -0.467 e. The number of halogens is 2. The smallest absolute Gasteiger partial charge is 0.330 e. The summed E-state index contributed by atoms with van der Waals surface area (Å²) < 4.78 is 17.8. The van der Waals surface area contributed by atoms with Gasteiger partial charge in [0.1, 0.15) is 11.4 Å². The SMILES string of the molecule is C=CCNC(C)(C(=O)OC)c1ccc(F)cc1Cl. The second kappa shape index (κ2) is 5.98. The molecule has 0 saturated heterocycles. The number of benzene rings is 1. The molecule has 1 unspecified atom stereocenters. The zero-order chi connectivity index (χ0) is 13.8. The zero-order valence-electron chi connectivity index (χ0n) is 10.3. The number of carbonyl (C=O) groups is 1. The van der Waals surface area contributed by atoms with Crippen molar-refractivity contribution in [2.45, 2.75) is 12.5 Å². The fraction of sp³-hybridized carbons (Fsp3) is 0.308. The minimum absolute atomic E-state index is 0.166. The van der Waals surface area contributed by atoms with Gasteiger partial charge < -0.3 is 4.74 Å². The van der Waals surface area contributed by atoms with Crippen molar-refractivity contribution in [1.82, 2.24) is 5.32 Å². The molecule has 0 fully saturated rings. The van der Waals surface area contributed by atoms with Crippen LogP contribution in [-0.4, -0.2) is 19.6 Å². The summed E-state index contributed by atoms with van der Waals surface area (Å²) in [5, 5.41) is 3.14. The van der Waals surface area contributed by atoms with Crippen LogP contribution in [0.15, 0.2) is 30.9 Å². The first-order valence-corrected chi connectivity index (χ1v) is 5.73. The van der Waals surface area contributed by atoms with Crippen LogP contribution in [0.1, 0.15) is 12.5 Å². The summed E-state index contributed by atoms with van der Waals surface area (Å²) in [5.41, 5.74) is -0.687. The summed E-state index contributed by atoms with van der Waals surface area (Å²) in [5.74, 6) is -0.961. The Morgan fingerprint density at radius 3 is 2.83 bits per heavy atom. The Balaban J connectivity index is 3.24. The van der Waals surface area contributed by atoms with Gasteiger partial charge in [-0.3, -0.25) is 5.32 Å². The quantitative estimate of drug-likeness (QED) is 0.661. The second-order valence-electron chi connectivity index (χ2n) is 3.91. The van der Waals surface area contributed by atoms with E-state index >= 15 is 0 Å². The third-order valence-electron chi connectivity index (χ3n) is 2.66. The summed E-state index contributed by atoms with van der Waals surface area (Å²) in [6.07, 6.45) is 1.61. The number of methoxy groups -OCH3 is 1. The van der Waals surface area contributed by atoms with Gasteiger partial charge in [0.2, 0.25) is 0 Å². The molecule has 1 rings (SSSR count). The van der Waals surface area contributed by atoms with Gasteiger partial charge in [0, 0.05) is 17.1 Å². The molecule has 3 nitrogen and oxygen atoms in total. The molecule has 0 aliphatic carbocycles. The molecular formula is C13H15ClFNO2. The fourth-order valence-electron chi connectivity index (χ4n) is 1.65. The Morgan fingerprint density at radius 2 is 2.33 bits per heavy atom. The van der Waals surface area contributed by atoms with Gasteiger partial charge >= 0.3 is 5.97 Å². The number of hydrogen-bond donors (Lipinski definition) is 1. The van der Waals surface area contributed by atoms with Crippen LogP contribution in [0.4, 0.5) is 4.39 Å². The molecule has 0 aliphatic rings. The predicted octanol–water partition coefficient (Wildman–Crippen LogP) is 2.64. The first-order valence-electron chi connectivity index (χ1n) is 5.35. The topological polar surface area (TPSA) is 38.3 Å². The first kappa shape index (κ1) is 14.7. The highest BCUT2D eigenvalue weighted by Gasteiger charge is 2.37. The maximum Gasteiger partial charge on any atom is 0.330 e. The van der Waals surface area contributed by atoms with E-state index < -0.39 is 17.3 Å². The molecular weight excluding hydrogens is 257 g/mol. The van der Waals surface area contributed by atoms with Crippen LogP contribution in [0.25, 0.3) is 0 Å². The molecule has 1 aromatic rings. The van der Waals surface area contributed by atoms with Crippen molar-refractivity contribution in [3.05, 3.63) is 47.3 Å². The average molecular weight is 272 g/mol. The highest BCUT2D eigenvalue weighted by Crippen LogP contribution is 2.29. The van der Waals surface area contributed by atoms with Crippen LogP contribution in [0.5, 0.6) is 0 Å². The lowest BCUT2D eigenvalue weighted by Gasteiger charge is -2.28. The maximum absolute atomic E-state index is 13.0. The highest BCUT2D eigenvalue weighted by molar-refractivity contribution is 6.31. The van der Waals surface area contributed by atoms with E-state index in [0.717, 1.165) is 6.07 Å².